The third kappa shape index (κ3) is 3.09. The maximum Gasteiger partial charge on any atom is 0.265 e. The van der Waals surface area contributed by atoms with E-state index >= 15 is 0 Å². The van der Waals surface area contributed by atoms with E-state index in [1.807, 2.05) is 0 Å². The second-order valence-electron chi connectivity index (χ2n) is 3.65. The van der Waals surface area contributed by atoms with Crippen LogP contribution in [0.3, 0.4) is 0 Å². The van der Waals surface area contributed by atoms with Crippen molar-refractivity contribution in [2.75, 3.05) is 10.5 Å². The van der Waals surface area contributed by atoms with Crippen molar-refractivity contribution in [3.63, 3.8) is 0 Å². The van der Waals surface area contributed by atoms with Crippen LogP contribution in [0.2, 0.25) is 10.0 Å². The molecule has 100 valence electrons. The van der Waals surface area contributed by atoms with Crippen molar-refractivity contribution in [2.45, 2.75) is 4.90 Å². The van der Waals surface area contributed by atoms with Crippen LogP contribution in [0.1, 0.15) is 0 Å². The molecule has 5 nitrogen and oxygen atoms in total. The SMILES string of the molecule is Nc1cc(Cl)cc(Cl)c1S(=O)(=O)Nc1ccncc1. The van der Waals surface area contributed by atoms with E-state index in [9.17, 15) is 8.42 Å². The summed E-state index contributed by atoms with van der Waals surface area (Å²) in [5.74, 6) is 0. The zero-order chi connectivity index (χ0) is 14.0. The molecule has 1 aromatic heterocycles. The zero-order valence-corrected chi connectivity index (χ0v) is 11.8. The fraction of sp³-hybridized carbons (Fsp3) is 0. The summed E-state index contributed by atoms with van der Waals surface area (Å²) in [6.07, 6.45) is 2.93. The second-order valence-corrected chi connectivity index (χ2v) is 6.11. The molecule has 0 saturated heterocycles. The Bertz CT molecular complexity index is 682. The van der Waals surface area contributed by atoms with Gasteiger partial charge in [0.25, 0.3) is 10.0 Å². The van der Waals surface area contributed by atoms with Crippen LogP contribution in [-0.4, -0.2) is 13.4 Å². The van der Waals surface area contributed by atoms with Gasteiger partial charge in [-0.05, 0) is 24.3 Å². The number of sulfonamides is 1. The number of hydrogen-bond donors (Lipinski definition) is 2. The van der Waals surface area contributed by atoms with E-state index in [4.69, 9.17) is 28.9 Å². The van der Waals surface area contributed by atoms with Crippen molar-refractivity contribution in [1.82, 2.24) is 4.98 Å². The van der Waals surface area contributed by atoms with Crippen molar-refractivity contribution in [3.05, 3.63) is 46.7 Å². The predicted molar refractivity (Wildman–Crippen MR) is 75.9 cm³/mol. The van der Waals surface area contributed by atoms with Gasteiger partial charge in [-0.15, -0.1) is 0 Å². The molecule has 0 fully saturated rings. The molecule has 0 saturated carbocycles. The fourth-order valence-corrected chi connectivity index (χ4v) is 3.54. The summed E-state index contributed by atoms with van der Waals surface area (Å²) < 4.78 is 26.8. The minimum absolute atomic E-state index is 0.0148. The maximum absolute atomic E-state index is 12.2. The summed E-state index contributed by atoms with van der Waals surface area (Å²) in [7, 11) is -3.88. The monoisotopic (exact) mass is 317 g/mol. The second kappa shape index (κ2) is 5.24. The summed E-state index contributed by atoms with van der Waals surface area (Å²) in [6, 6.07) is 5.67. The number of nitrogens with two attached hydrogens (primary N) is 1. The van der Waals surface area contributed by atoms with Gasteiger partial charge >= 0.3 is 0 Å². The first-order valence-corrected chi connectivity index (χ1v) is 7.31. The van der Waals surface area contributed by atoms with E-state index in [2.05, 4.69) is 9.71 Å². The van der Waals surface area contributed by atoms with Crippen molar-refractivity contribution in [3.8, 4) is 0 Å². The van der Waals surface area contributed by atoms with Crippen LogP contribution in [0.5, 0.6) is 0 Å². The Labute approximate surface area is 120 Å². The Morgan fingerprint density at radius 2 is 1.79 bits per heavy atom. The molecule has 1 heterocycles. The highest BCUT2D eigenvalue weighted by atomic mass is 35.5. The van der Waals surface area contributed by atoms with Crippen LogP contribution in [0.4, 0.5) is 11.4 Å². The summed E-state index contributed by atoms with van der Waals surface area (Å²) in [4.78, 5) is 3.59. The van der Waals surface area contributed by atoms with Gasteiger partial charge in [-0.3, -0.25) is 9.71 Å². The molecule has 0 aliphatic heterocycles. The molecule has 2 aromatic rings. The molecular formula is C11H9Cl2N3O2S. The van der Waals surface area contributed by atoms with E-state index in [0.717, 1.165) is 0 Å². The van der Waals surface area contributed by atoms with Gasteiger partial charge in [0.05, 0.1) is 16.4 Å². The van der Waals surface area contributed by atoms with Gasteiger partial charge in [-0.1, -0.05) is 23.2 Å². The number of nitrogen functional groups attached to an aromatic ring is 1. The van der Waals surface area contributed by atoms with Gasteiger partial charge in [0.2, 0.25) is 0 Å². The number of nitrogens with zero attached hydrogens (tertiary/aromatic N) is 1. The molecule has 0 aliphatic carbocycles. The van der Waals surface area contributed by atoms with Gasteiger partial charge in [-0.2, -0.15) is 0 Å². The Morgan fingerprint density at radius 1 is 1.16 bits per heavy atom. The highest BCUT2D eigenvalue weighted by molar-refractivity contribution is 7.93. The van der Waals surface area contributed by atoms with E-state index in [1.165, 1.54) is 36.7 Å². The van der Waals surface area contributed by atoms with Gasteiger partial charge in [-0.25, -0.2) is 8.42 Å². The Morgan fingerprint density at radius 3 is 2.37 bits per heavy atom. The zero-order valence-electron chi connectivity index (χ0n) is 9.47. The van der Waals surface area contributed by atoms with Gasteiger partial charge in [0, 0.05) is 17.4 Å². The first-order valence-electron chi connectivity index (χ1n) is 5.07. The summed E-state index contributed by atoms with van der Waals surface area (Å²) in [5.41, 5.74) is 6.01. The van der Waals surface area contributed by atoms with Crippen LogP contribution >= 0.6 is 23.2 Å². The molecule has 0 atom stereocenters. The number of benzene rings is 1. The lowest BCUT2D eigenvalue weighted by atomic mass is 10.3. The van der Waals surface area contributed by atoms with Gasteiger partial charge in [0.1, 0.15) is 4.90 Å². The number of rotatable bonds is 3. The molecule has 19 heavy (non-hydrogen) atoms. The predicted octanol–water partition coefficient (Wildman–Crippen LogP) is 2.77. The minimum Gasteiger partial charge on any atom is -0.398 e. The summed E-state index contributed by atoms with van der Waals surface area (Å²) in [6.45, 7) is 0. The number of anilines is 2. The quantitative estimate of drug-likeness (QED) is 0.852. The lowest BCUT2D eigenvalue weighted by molar-refractivity contribution is 0.601. The maximum atomic E-state index is 12.2. The number of hydrogen-bond acceptors (Lipinski definition) is 4. The Hall–Kier alpha value is -1.50. The third-order valence-electron chi connectivity index (χ3n) is 2.24. The van der Waals surface area contributed by atoms with Crippen LogP contribution < -0.4 is 10.5 Å². The molecule has 0 aliphatic rings. The lowest BCUT2D eigenvalue weighted by Crippen LogP contribution is -2.15. The molecule has 8 heteroatoms. The first kappa shape index (κ1) is 13.9. The first-order chi connectivity index (χ1) is 8.90. The van der Waals surface area contributed by atoms with Crippen LogP contribution in [0.15, 0.2) is 41.6 Å². The van der Waals surface area contributed by atoms with Gasteiger partial charge < -0.3 is 5.73 Å². The van der Waals surface area contributed by atoms with E-state index < -0.39 is 10.0 Å². The van der Waals surface area contributed by atoms with E-state index in [-0.39, 0.29) is 20.6 Å². The minimum atomic E-state index is -3.88. The molecule has 0 radical (unpaired) electrons. The molecule has 0 unspecified atom stereocenters. The average Bonchev–Trinajstić information content (AvgIpc) is 2.27. The molecule has 1 aromatic carbocycles. The standard InChI is InChI=1S/C11H9Cl2N3O2S/c12-7-5-9(13)11(10(14)6-7)19(17,18)16-8-1-3-15-4-2-8/h1-6H,14H2,(H,15,16). The highest BCUT2D eigenvalue weighted by Crippen LogP contribution is 2.32. The molecule has 0 amide bonds. The topological polar surface area (TPSA) is 85.1 Å². The summed E-state index contributed by atoms with van der Waals surface area (Å²) >= 11 is 11.6. The number of aromatic nitrogens is 1. The largest absolute Gasteiger partial charge is 0.398 e. The number of nitrogens with one attached hydrogen (secondary N) is 1. The molecule has 3 N–H and O–H groups in total. The number of halogens is 2. The molecule has 0 spiro atoms. The van der Waals surface area contributed by atoms with Crippen molar-refractivity contribution in [2.24, 2.45) is 0 Å². The Balaban J connectivity index is 2.46. The lowest BCUT2D eigenvalue weighted by Gasteiger charge is -2.11. The Kier molecular flexibility index (Phi) is 3.84. The van der Waals surface area contributed by atoms with Gasteiger partial charge in [0.15, 0.2) is 0 Å². The van der Waals surface area contributed by atoms with Crippen LogP contribution in [0.25, 0.3) is 0 Å². The van der Waals surface area contributed by atoms with Crippen LogP contribution in [-0.2, 0) is 10.0 Å². The van der Waals surface area contributed by atoms with Crippen molar-refractivity contribution in [1.29, 1.82) is 0 Å². The normalized spacial score (nSPS) is 11.3. The fourth-order valence-electron chi connectivity index (χ4n) is 1.49. The van der Waals surface area contributed by atoms with E-state index in [0.29, 0.717) is 5.69 Å². The van der Waals surface area contributed by atoms with Crippen molar-refractivity contribution >= 4 is 44.6 Å². The number of pyridine rings is 1. The molecule has 2 rings (SSSR count). The van der Waals surface area contributed by atoms with E-state index in [1.54, 1.807) is 0 Å². The molecular weight excluding hydrogens is 309 g/mol. The third-order valence-corrected chi connectivity index (χ3v) is 4.36. The smallest absolute Gasteiger partial charge is 0.265 e. The summed E-state index contributed by atoms with van der Waals surface area (Å²) in [5, 5.41) is 0.233. The highest BCUT2D eigenvalue weighted by Gasteiger charge is 2.22. The van der Waals surface area contributed by atoms with Crippen LogP contribution in [0, 0.1) is 0 Å². The average molecular weight is 318 g/mol. The van der Waals surface area contributed by atoms with Crippen molar-refractivity contribution < 1.29 is 8.42 Å². The molecule has 0 bridgehead atoms.